The number of imide groups is 1. The largest absolute Gasteiger partial charge is 0.493 e. The van der Waals surface area contributed by atoms with Crippen molar-refractivity contribution in [1.82, 2.24) is 10.2 Å². The number of carbonyl (C=O) groups excluding carboxylic acids is 3. The summed E-state index contributed by atoms with van der Waals surface area (Å²) in [6.07, 6.45) is 0.589. The number of ether oxygens (including phenoxy) is 2. The Hall–Kier alpha value is -2.87. The molecule has 2 aromatic rings. The number of carbonyl (C=O) groups is 3. The van der Waals surface area contributed by atoms with Crippen LogP contribution < -0.4 is 14.8 Å². The van der Waals surface area contributed by atoms with Gasteiger partial charge in [-0.15, -0.1) is 0 Å². The minimum atomic E-state index is -0.324. The van der Waals surface area contributed by atoms with E-state index >= 15 is 0 Å². The second-order valence-corrected chi connectivity index (χ2v) is 7.87. The monoisotopic (exact) mass is 474 g/mol. The molecule has 0 bridgehead atoms. The van der Waals surface area contributed by atoms with E-state index < -0.39 is 0 Å². The fraction of sp³-hybridized carbons (Fsp3) is 0.318. The van der Waals surface area contributed by atoms with Crippen LogP contribution >= 0.6 is 15.9 Å². The first-order valence-electron chi connectivity index (χ1n) is 9.52. The van der Waals surface area contributed by atoms with Crippen molar-refractivity contribution in [2.45, 2.75) is 25.8 Å². The Bertz CT molecular complexity index is 991. The number of benzene rings is 2. The maximum atomic E-state index is 12.5. The van der Waals surface area contributed by atoms with Crippen LogP contribution in [-0.4, -0.2) is 43.4 Å². The molecule has 1 atom stereocenters. The minimum absolute atomic E-state index is 0.156. The Morgan fingerprint density at radius 1 is 1.03 bits per heavy atom. The highest BCUT2D eigenvalue weighted by Gasteiger charge is 2.35. The molecule has 1 N–H and O–H groups in total. The van der Waals surface area contributed by atoms with E-state index in [1.54, 1.807) is 38.5 Å². The normalized spacial score (nSPS) is 13.8. The predicted molar refractivity (Wildman–Crippen MR) is 115 cm³/mol. The summed E-state index contributed by atoms with van der Waals surface area (Å²) in [6.45, 7) is 2.07. The van der Waals surface area contributed by atoms with E-state index in [2.05, 4.69) is 21.2 Å². The molecule has 0 fully saturated rings. The van der Waals surface area contributed by atoms with E-state index in [0.717, 1.165) is 10.0 Å². The van der Waals surface area contributed by atoms with Gasteiger partial charge in [-0.1, -0.05) is 22.0 Å². The number of methoxy groups -OCH3 is 2. The topological polar surface area (TPSA) is 84.9 Å². The standard InChI is InChI=1S/C22H23BrN2O5/c1-13(14-6-9-18(29-2)19(11-14)30-3)24-20(26)5-4-10-25-21(27)16-8-7-15(23)12-17(16)22(25)28/h6-9,11-13H,4-5,10H2,1-3H3,(H,24,26). The van der Waals surface area contributed by atoms with Gasteiger partial charge in [0.25, 0.3) is 11.8 Å². The highest BCUT2D eigenvalue weighted by Crippen LogP contribution is 2.30. The van der Waals surface area contributed by atoms with E-state index in [9.17, 15) is 14.4 Å². The van der Waals surface area contributed by atoms with Crippen LogP contribution in [0.1, 0.15) is 52.1 Å². The van der Waals surface area contributed by atoms with Crippen LogP contribution in [0.5, 0.6) is 11.5 Å². The van der Waals surface area contributed by atoms with Crippen molar-refractivity contribution in [3.05, 3.63) is 57.6 Å². The maximum absolute atomic E-state index is 12.5. The molecule has 3 rings (SSSR count). The summed E-state index contributed by atoms with van der Waals surface area (Å²) >= 11 is 3.31. The van der Waals surface area contributed by atoms with Gasteiger partial charge in [0, 0.05) is 17.4 Å². The number of halogens is 1. The average Bonchev–Trinajstić information content (AvgIpc) is 2.97. The lowest BCUT2D eigenvalue weighted by Crippen LogP contribution is -2.32. The number of rotatable bonds is 8. The lowest BCUT2D eigenvalue weighted by atomic mass is 10.1. The molecular formula is C22H23BrN2O5. The molecule has 0 saturated carbocycles. The van der Waals surface area contributed by atoms with Crippen molar-refractivity contribution in [1.29, 1.82) is 0 Å². The van der Waals surface area contributed by atoms with Crippen molar-refractivity contribution < 1.29 is 23.9 Å². The molecule has 8 heteroatoms. The lowest BCUT2D eigenvalue weighted by Gasteiger charge is -2.17. The first-order chi connectivity index (χ1) is 14.3. The third-order valence-electron chi connectivity index (χ3n) is 5.00. The molecule has 1 unspecified atom stereocenters. The summed E-state index contributed by atoms with van der Waals surface area (Å²) in [7, 11) is 3.12. The van der Waals surface area contributed by atoms with Crippen LogP contribution in [-0.2, 0) is 4.79 Å². The molecule has 7 nitrogen and oxygen atoms in total. The summed E-state index contributed by atoms with van der Waals surface area (Å²) in [5.74, 6) is 0.412. The summed E-state index contributed by atoms with van der Waals surface area (Å²) in [6, 6.07) is 10.3. The molecule has 0 spiro atoms. The highest BCUT2D eigenvalue weighted by molar-refractivity contribution is 9.10. The maximum Gasteiger partial charge on any atom is 0.261 e. The number of hydrogen-bond acceptors (Lipinski definition) is 5. The summed E-state index contributed by atoms with van der Waals surface area (Å²) in [4.78, 5) is 38.4. The Morgan fingerprint density at radius 2 is 1.73 bits per heavy atom. The van der Waals surface area contributed by atoms with Crippen molar-refractivity contribution in [3.63, 3.8) is 0 Å². The van der Waals surface area contributed by atoms with E-state index in [4.69, 9.17) is 9.47 Å². The van der Waals surface area contributed by atoms with Crippen molar-refractivity contribution in [3.8, 4) is 11.5 Å². The van der Waals surface area contributed by atoms with Gasteiger partial charge in [0.15, 0.2) is 11.5 Å². The van der Waals surface area contributed by atoms with E-state index in [1.165, 1.54) is 4.90 Å². The Labute approximate surface area is 183 Å². The zero-order chi connectivity index (χ0) is 21.8. The molecule has 0 aliphatic carbocycles. The van der Waals surface area contributed by atoms with E-state index in [1.807, 2.05) is 19.1 Å². The Balaban J connectivity index is 1.53. The molecule has 1 heterocycles. The summed E-state index contributed by atoms with van der Waals surface area (Å²) in [5.41, 5.74) is 1.67. The lowest BCUT2D eigenvalue weighted by molar-refractivity contribution is -0.121. The number of hydrogen-bond donors (Lipinski definition) is 1. The second-order valence-electron chi connectivity index (χ2n) is 6.96. The fourth-order valence-corrected chi connectivity index (χ4v) is 3.74. The molecule has 1 aliphatic rings. The molecule has 0 radical (unpaired) electrons. The molecule has 1 aliphatic heterocycles. The molecule has 0 aromatic heterocycles. The van der Waals surface area contributed by atoms with Crippen LogP contribution in [0.2, 0.25) is 0 Å². The molecular weight excluding hydrogens is 452 g/mol. The van der Waals surface area contributed by atoms with Gasteiger partial charge in [0.1, 0.15) is 0 Å². The van der Waals surface area contributed by atoms with Gasteiger partial charge < -0.3 is 14.8 Å². The second kappa shape index (κ2) is 9.30. The van der Waals surface area contributed by atoms with Crippen LogP contribution in [0, 0.1) is 0 Å². The van der Waals surface area contributed by atoms with Crippen LogP contribution in [0.15, 0.2) is 40.9 Å². The van der Waals surface area contributed by atoms with Gasteiger partial charge >= 0.3 is 0 Å². The quantitative estimate of drug-likeness (QED) is 0.589. The Morgan fingerprint density at radius 3 is 2.43 bits per heavy atom. The number of nitrogens with one attached hydrogen (secondary N) is 1. The van der Waals surface area contributed by atoms with Gasteiger partial charge in [-0.3, -0.25) is 19.3 Å². The first-order valence-corrected chi connectivity index (χ1v) is 10.3. The molecule has 30 heavy (non-hydrogen) atoms. The average molecular weight is 475 g/mol. The minimum Gasteiger partial charge on any atom is -0.493 e. The van der Waals surface area contributed by atoms with E-state index in [0.29, 0.717) is 29.0 Å². The number of nitrogens with zero attached hydrogens (tertiary/aromatic N) is 1. The zero-order valence-electron chi connectivity index (χ0n) is 17.0. The highest BCUT2D eigenvalue weighted by atomic mass is 79.9. The third-order valence-corrected chi connectivity index (χ3v) is 5.50. The fourth-order valence-electron chi connectivity index (χ4n) is 3.38. The van der Waals surface area contributed by atoms with Crippen LogP contribution in [0.4, 0.5) is 0 Å². The van der Waals surface area contributed by atoms with Gasteiger partial charge in [-0.25, -0.2) is 0 Å². The third kappa shape index (κ3) is 4.48. The summed E-state index contributed by atoms with van der Waals surface area (Å²) in [5, 5.41) is 2.93. The SMILES string of the molecule is COc1ccc(C(C)NC(=O)CCCN2C(=O)c3ccc(Br)cc3C2=O)cc1OC. The van der Waals surface area contributed by atoms with Crippen molar-refractivity contribution in [2.24, 2.45) is 0 Å². The van der Waals surface area contributed by atoms with Crippen molar-refractivity contribution in [2.75, 3.05) is 20.8 Å². The van der Waals surface area contributed by atoms with Crippen molar-refractivity contribution >= 4 is 33.7 Å². The smallest absolute Gasteiger partial charge is 0.261 e. The zero-order valence-corrected chi connectivity index (χ0v) is 18.6. The van der Waals surface area contributed by atoms with Gasteiger partial charge in [-0.05, 0) is 49.2 Å². The van der Waals surface area contributed by atoms with Crippen LogP contribution in [0.3, 0.4) is 0 Å². The molecule has 2 aromatic carbocycles. The summed E-state index contributed by atoms with van der Waals surface area (Å²) < 4.78 is 11.3. The number of fused-ring (bicyclic) bond motifs is 1. The van der Waals surface area contributed by atoms with Crippen LogP contribution in [0.25, 0.3) is 0 Å². The van der Waals surface area contributed by atoms with E-state index in [-0.39, 0.29) is 36.7 Å². The molecule has 158 valence electrons. The Kier molecular flexibility index (Phi) is 6.77. The van der Waals surface area contributed by atoms with Gasteiger partial charge in [0.05, 0.1) is 31.4 Å². The van der Waals surface area contributed by atoms with Gasteiger partial charge in [0.2, 0.25) is 5.91 Å². The molecule has 0 saturated heterocycles. The number of amides is 3. The first kappa shape index (κ1) is 21.8. The predicted octanol–water partition coefficient (Wildman–Crippen LogP) is 3.72. The van der Waals surface area contributed by atoms with Gasteiger partial charge in [-0.2, -0.15) is 0 Å². The molecule has 3 amide bonds.